The number of hydrogen-bond acceptors (Lipinski definition) is 2. The smallest absolute Gasteiger partial charge is 0.321 e. The van der Waals surface area contributed by atoms with Crippen molar-refractivity contribution in [3.05, 3.63) is 28.2 Å². The molecule has 0 radical (unpaired) electrons. The Morgan fingerprint density at radius 2 is 1.68 bits per heavy atom. The van der Waals surface area contributed by atoms with Gasteiger partial charge in [0.1, 0.15) is 0 Å². The number of nitrogens with one attached hydrogen (secondary N) is 1. The molecule has 1 N–H and O–H groups in total. The van der Waals surface area contributed by atoms with E-state index in [1.54, 1.807) is 28.0 Å². The topological polar surface area (TPSA) is 52.7 Å². The molecule has 7 heteroatoms. The van der Waals surface area contributed by atoms with Crippen LogP contribution in [0.3, 0.4) is 0 Å². The van der Waals surface area contributed by atoms with Crippen molar-refractivity contribution in [1.29, 1.82) is 0 Å². The van der Waals surface area contributed by atoms with Crippen molar-refractivity contribution in [3.63, 3.8) is 0 Å². The molecule has 19 heavy (non-hydrogen) atoms. The van der Waals surface area contributed by atoms with Crippen LogP contribution in [0.15, 0.2) is 18.2 Å². The highest BCUT2D eigenvalue weighted by atomic mass is 35.5. The van der Waals surface area contributed by atoms with Crippen molar-refractivity contribution in [2.45, 2.75) is 0 Å². The van der Waals surface area contributed by atoms with Gasteiger partial charge in [0.2, 0.25) is 6.41 Å². The summed E-state index contributed by atoms with van der Waals surface area (Å²) in [7, 11) is 0. The predicted molar refractivity (Wildman–Crippen MR) is 74.7 cm³/mol. The van der Waals surface area contributed by atoms with E-state index >= 15 is 0 Å². The molecule has 5 nitrogen and oxygen atoms in total. The van der Waals surface area contributed by atoms with Gasteiger partial charge in [0.25, 0.3) is 0 Å². The molecule has 0 spiro atoms. The molecule has 1 aliphatic rings. The Morgan fingerprint density at radius 3 is 2.21 bits per heavy atom. The number of rotatable bonds is 2. The van der Waals surface area contributed by atoms with E-state index in [1.165, 1.54) is 0 Å². The lowest BCUT2D eigenvalue weighted by atomic mass is 10.3. The monoisotopic (exact) mass is 301 g/mol. The summed E-state index contributed by atoms with van der Waals surface area (Å²) in [5.41, 5.74) is 0.556. The summed E-state index contributed by atoms with van der Waals surface area (Å²) in [4.78, 5) is 25.9. The van der Waals surface area contributed by atoms with Crippen molar-refractivity contribution in [3.8, 4) is 0 Å². The van der Waals surface area contributed by atoms with Gasteiger partial charge in [-0.3, -0.25) is 4.79 Å². The fourth-order valence-electron chi connectivity index (χ4n) is 1.86. The van der Waals surface area contributed by atoms with Crippen molar-refractivity contribution in [2.24, 2.45) is 0 Å². The highest BCUT2D eigenvalue weighted by molar-refractivity contribution is 6.35. The normalized spacial score (nSPS) is 15.3. The summed E-state index contributed by atoms with van der Waals surface area (Å²) in [5, 5.41) is 3.67. The summed E-state index contributed by atoms with van der Waals surface area (Å²) >= 11 is 11.7. The second-order valence-electron chi connectivity index (χ2n) is 4.22. The van der Waals surface area contributed by atoms with Crippen molar-refractivity contribution in [1.82, 2.24) is 9.80 Å². The Bertz CT molecular complexity index is 468. The number of halogens is 2. The second-order valence-corrected chi connectivity index (χ2v) is 5.09. The Balaban J connectivity index is 1.96. The minimum absolute atomic E-state index is 0.219. The average Bonchev–Trinajstić information content (AvgIpc) is 2.37. The first kappa shape index (κ1) is 14.0. The van der Waals surface area contributed by atoms with E-state index in [9.17, 15) is 9.59 Å². The molecular formula is C12H13Cl2N3O2. The number of urea groups is 1. The number of benzene rings is 1. The summed E-state index contributed by atoms with van der Waals surface area (Å²) in [6.07, 6.45) is 0.798. The predicted octanol–water partition coefficient (Wildman–Crippen LogP) is 2.30. The van der Waals surface area contributed by atoms with Crippen LogP contribution in [0.4, 0.5) is 10.5 Å². The standard InChI is InChI=1S/C12H13Cl2N3O2/c13-9-5-10(14)7-11(6-9)15-12(19)17-3-1-16(8-18)2-4-17/h5-8H,1-4H2,(H,15,19). The first-order chi connectivity index (χ1) is 9.08. The summed E-state index contributed by atoms with van der Waals surface area (Å²) in [6, 6.07) is 4.64. The molecule has 1 fully saturated rings. The van der Waals surface area contributed by atoms with Gasteiger partial charge < -0.3 is 15.1 Å². The highest BCUT2D eigenvalue weighted by Crippen LogP contribution is 2.22. The van der Waals surface area contributed by atoms with E-state index in [-0.39, 0.29) is 6.03 Å². The Morgan fingerprint density at radius 1 is 1.11 bits per heavy atom. The van der Waals surface area contributed by atoms with E-state index in [1.807, 2.05) is 0 Å². The number of anilines is 1. The van der Waals surface area contributed by atoms with E-state index in [0.717, 1.165) is 6.41 Å². The van der Waals surface area contributed by atoms with Gasteiger partial charge in [-0.25, -0.2) is 4.79 Å². The van der Waals surface area contributed by atoms with Crippen LogP contribution >= 0.6 is 23.2 Å². The number of nitrogens with zero attached hydrogens (tertiary/aromatic N) is 2. The van der Waals surface area contributed by atoms with Crippen LogP contribution in [0, 0.1) is 0 Å². The van der Waals surface area contributed by atoms with Gasteiger partial charge in [-0.2, -0.15) is 0 Å². The zero-order chi connectivity index (χ0) is 13.8. The first-order valence-corrected chi connectivity index (χ1v) is 6.55. The number of carbonyl (C=O) groups excluding carboxylic acids is 2. The van der Waals surface area contributed by atoms with Crippen molar-refractivity contribution < 1.29 is 9.59 Å². The van der Waals surface area contributed by atoms with E-state index < -0.39 is 0 Å². The Hall–Kier alpha value is -1.46. The van der Waals surface area contributed by atoms with Crippen LogP contribution in [0.2, 0.25) is 10.0 Å². The third-order valence-corrected chi connectivity index (χ3v) is 3.30. The molecule has 0 aromatic heterocycles. The van der Waals surface area contributed by atoms with Gasteiger partial charge in [-0.1, -0.05) is 23.2 Å². The number of amides is 3. The maximum absolute atomic E-state index is 12.0. The molecule has 1 aromatic rings. The van der Waals surface area contributed by atoms with Crippen LogP contribution in [0.5, 0.6) is 0 Å². The zero-order valence-corrected chi connectivity index (χ0v) is 11.6. The molecule has 0 aliphatic carbocycles. The summed E-state index contributed by atoms with van der Waals surface area (Å²) in [5.74, 6) is 0. The molecule has 3 amide bonds. The lowest BCUT2D eigenvalue weighted by Gasteiger charge is -2.32. The molecule has 1 aromatic carbocycles. The van der Waals surface area contributed by atoms with Gasteiger partial charge in [-0.15, -0.1) is 0 Å². The first-order valence-electron chi connectivity index (χ1n) is 5.80. The lowest BCUT2D eigenvalue weighted by Crippen LogP contribution is -2.49. The maximum atomic E-state index is 12.0. The van der Waals surface area contributed by atoms with E-state index in [0.29, 0.717) is 41.9 Å². The number of carbonyl (C=O) groups is 2. The quantitative estimate of drug-likeness (QED) is 0.852. The molecule has 102 valence electrons. The van der Waals surface area contributed by atoms with Crippen LogP contribution in [-0.2, 0) is 4.79 Å². The molecule has 0 saturated carbocycles. The Labute approximate surface area is 121 Å². The molecule has 0 unspecified atom stereocenters. The molecule has 1 heterocycles. The SMILES string of the molecule is O=CN1CCN(C(=O)Nc2cc(Cl)cc(Cl)c2)CC1. The second kappa shape index (κ2) is 6.12. The maximum Gasteiger partial charge on any atom is 0.321 e. The fourth-order valence-corrected chi connectivity index (χ4v) is 2.38. The van der Waals surface area contributed by atoms with Crippen molar-refractivity contribution in [2.75, 3.05) is 31.5 Å². The third kappa shape index (κ3) is 3.75. The molecule has 0 bridgehead atoms. The summed E-state index contributed by atoms with van der Waals surface area (Å²) in [6.45, 7) is 2.12. The molecular weight excluding hydrogens is 289 g/mol. The van der Waals surface area contributed by atoms with E-state index in [4.69, 9.17) is 23.2 Å². The van der Waals surface area contributed by atoms with Gasteiger partial charge in [-0.05, 0) is 18.2 Å². The fraction of sp³-hybridized carbons (Fsp3) is 0.333. The van der Waals surface area contributed by atoms with E-state index in [2.05, 4.69) is 5.32 Å². The van der Waals surface area contributed by atoms with Crippen LogP contribution in [0.25, 0.3) is 0 Å². The minimum atomic E-state index is -0.219. The summed E-state index contributed by atoms with van der Waals surface area (Å²) < 4.78 is 0. The largest absolute Gasteiger partial charge is 0.342 e. The number of piperazine rings is 1. The minimum Gasteiger partial charge on any atom is -0.342 e. The molecule has 2 rings (SSSR count). The van der Waals surface area contributed by atoms with Gasteiger partial charge in [0, 0.05) is 41.9 Å². The van der Waals surface area contributed by atoms with Gasteiger partial charge in [0.15, 0.2) is 0 Å². The van der Waals surface area contributed by atoms with Crippen LogP contribution < -0.4 is 5.32 Å². The Kier molecular flexibility index (Phi) is 4.50. The van der Waals surface area contributed by atoms with Crippen LogP contribution in [0.1, 0.15) is 0 Å². The highest BCUT2D eigenvalue weighted by Gasteiger charge is 2.20. The zero-order valence-electron chi connectivity index (χ0n) is 10.1. The molecule has 0 atom stereocenters. The third-order valence-electron chi connectivity index (χ3n) is 2.86. The molecule has 1 saturated heterocycles. The number of hydrogen-bond donors (Lipinski definition) is 1. The van der Waals surface area contributed by atoms with Gasteiger partial charge >= 0.3 is 6.03 Å². The van der Waals surface area contributed by atoms with Crippen LogP contribution in [-0.4, -0.2) is 48.4 Å². The lowest BCUT2D eigenvalue weighted by molar-refractivity contribution is -0.119. The van der Waals surface area contributed by atoms with Gasteiger partial charge in [0.05, 0.1) is 0 Å². The van der Waals surface area contributed by atoms with Crippen molar-refractivity contribution >= 4 is 41.3 Å². The average molecular weight is 302 g/mol. The molecule has 1 aliphatic heterocycles.